The SMILES string of the molecule is COc1cc2c(cc1OC)[C@@H]([C@H](C)NC(=O)CC(C)C)N(Cc1ccc(F)cc1)CC2. The molecule has 2 aromatic rings. The van der Waals surface area contributed by atoms with Crippen molar-refractivity contribution in [3.8, 4) is 11.5 Å². The molecule has 0 aliphatic carbocycles. The van der Waals surface area contributed by atoms with Crippen molar-refractivity contribution in [2.24, 2.45) is 5.92 Å². The van der Waals surface area contributed by atoms with Crippen molar-refractivity contribution < 1.29 is 18.7 Å². The monoisotopic (exact) mass is 428 g/mol. The Bertz CT molecular complexity index is 898. The third-order valence-corrected chi connectivity index (χ3v) is 5.78. The molecule has 0 aromatic heterocycles. The van der Waals surface area contributed by atoms with E-state index >= 15 is 0 Å². The van der Waals surface area contributed by atoms with E-state index in [2.05, 4.69) is 10.2 Å². The lowest BCUT2D eigenvalue weighted by molar-refractivity contribution is -0.122. The number of ether oxygens (including phenoxy) is 2. The number of benzene rings is 2. The molecule has 2 aromatic carbocycles. The number of rotatable bonds is 8. The van der Waals surface area contributed by atoms with E-state index in [4.69, 9.17) is 9.47 Å². The molecule has 2 atom stereocenters. The van der Waals surface area contributed by atoms with Crippen LogP contribution in [0.4, 0.5) is 4.39 Å². The third kappa shape index (κ3) is 5.56. The van der Waals surface area contributed by atoms with Crippen LogP contribution >= 0.6 is 0 Å². The second kappa shape index (κ2) is 10.1. The van der Waals surface area contributed by atoms with Crippen LogP contribution in [0.5, 0.6) is 11.5 Å². The first kappa shape index (κ1) is 23.1. The molecule has 0 unspecified atom stereocenters. The summed E-state index contributed by atoms with van der Waals surface area (Å²) in [6.07, 6.45) is 1.36. The Kier molecular flexibility index (Phi) is 7.55. The van der Waals surface area contributed by atoms with Crippen molar-refractivity contribution in [2.75, 3.05) is 20.8 Å². The van der Waals surface area contributed by atoms with Crippen molar-refractivity contribution in [3.63, 3.8) is 0 Å². The minimum atomic E-state index is -0.240. The summed E-state index contributed by atoms with van der Waals surface area (Å²) < 4.78 is 24.4. The quantitative estimate of drug-likeness (QED) is 0.673. The maximum atomic E-state index is 13.4. The predicted octanol–water partition coefficient (Wildman–Crippen LogP) is 4.49. The van der Waals surface area contributed by atoms with E-state index < -0.39 is 0 Å². The molecule has 0 bridgehead atoms. The van der Waals surface area contributed by atoms with Gasteiger partial charge < -0.3 is 14.8 Å². The lowest BCUT2D eigenvalue weighted by Gasteiger charge is -2.41. The third-order valence-electron chi connectivity index (χ3n) is 5.78. The fourth-order valence-electron chi connectivity index (χ4n) is 4.38. The number of nitrogens with one attached hydrogen (secondary N) is 1. The maximum absolute atomic E-state index is 13.4. The molecule has 0 spiro atoms. The molecule has 168 valence electrons. The summed E-state index contributed by atoms with van der Waals surface area (Å²) >= 11 is 0. The van der Waals surface area contributed by atoms with Crippen LogP contribution in [-0.4, -0.2) is 37.6 Å². The molecule has 1 aliphatic rings. The molecular formula is C25H33FN2O3. The molecule has 31 heavy (non-hydrogen) atoms. The lowest BCUT2D eigenvalue weighted by Crippen LogP contribution is -2.47. The van der Waals surface area contributed by atoms with E-state index in [1.165, 1.54) is 17.7 Å². The number of hydrogen-bond donors (Lipinski definition) is 1. The van der Waals surface area contributed by atoms with Crippen molar-refractivity contribution in [3.05, 3.63) is 58.9 Å². The van der Waals surface area contributed by atoms with Crippen molar-refractivity contribution in [1.82, 2.24) is 10.2 Å². The largest absolute Gasteiger partial charge is 0.493 e. The van der Waals surface area contributed by atoms with Crippen LogP contribution in [0, 0.1) is 11.7 Å². The summed E-state index contributed by atoms with van der Waals surface area (Å²) in [5.41, 5.74) is 3.36. The van der Waals surface area contributed by atoms with Crippen molar-refractivity contribution >= 4 is 5.91 Å². The van der Waals surface area contributed by atoms with Crippen molar-refractivity contribution in [2.45, 2.75) is 52.2 Å². The molecule has 1 amide bonds. The Morgan fingerprint density at radius 2 is 1.77 bits per heavy atom. The zero-order valence-corrected chi connectivity index (χ0v) is 19.1. The van der Waals surface area contributed by atoms with Gasteiger partial charge in [0.15, 0.2) is 11.5 Å². The molecule has 1 heterocycles. The predicted molar refractivity (Wildman–Crippen MR) is 120 cm³/mol. The first-order valence-corrected chi connectivity index (χ1v) is 10.8. The minimum absolute atomic E-state index is 0.0373. The van der Waals surface area contributed by atoms with Crippen LogP contribution in [0.1, 0.15) is 49.9 Å². The highest BCUT2D eigenvalue weighted by Gasteiger charge is 2.33. The summed E-state index contributed by atoms with van der Waals surface area (Å²) in [5.74, 6) is 1.50. The lowest BCUT2D eigenvalue weighted by atomic mass is 9.87. The number of amides is 1. The van der Waals surface area contributed by atoms with Crippen LogP contribution < -0.4 is 14.8 Å². The van der Waals surface area contributed by atoms with Gasteiger partial charge in [-0.25, -0.2) is 4.39 Å². The topological polar surface area (TPSA) is 50.8 Å². The normalized spacial score (nSPS) is 17.2. The zero-order valence-electron chi connectivity index (χ0n) is 19.1. The van der Waals surface area contributed by atoms with Crippen LogP contribution in [0.2, 0.25) is 0 Å². The van der Waals surface area contributed by atoms with Gasteiger partial charge in [0.1, 0.15) is 5.82 Å². The highest BCUT2D eigenvalue weighted by molar-refractivity contribution is 5.76. The van der Waals surface area contributed by atoms with Gasteiger partial charge >= 0.3 is 0 Å². The van der Waals surface area contributed by atoms with Gasteiger partial charge in [-0.2, -0.15) is 0 Å². The molecule has 1 aliphatic heterocycles. The van der Waals surface area contributed by atoms with Gasteiger partial charge in [0.25, 0.3) is 0 Å². The molecule has 0 radical (unpaired) electrons. The zero-order chi connectivity index (χ0) is 22.5. The Labute approximate surface area is 184 Å². The highest BCUT2D eigenvalue weighted by Crippen LogP contribution is 2.40. The Hall–Kier alpha value is -2.60. The Morgan fingerprint density at radius 1 is 1.13 bits per heavy atom. The van der Waals surface area contributed by atoms with Gasteiger partial charge in [-0.1, -0.05) is 26.0 Å². The van der Waals surface area contributed by atoms with Crippen LogP contribution in [0.15, 0.2) is 36.4 Å². The van der Waals surface area contributed by atoms with E-state index in [0.29, 0.717) is 30.4 Å². The highest BCUT2D eigenvalue weighted by atomic mass is 19.1. The fourth-order valence-corrected chi connectivity index (χ4v) is 4.38. The number of hydrogen-bond acceptors (Lipinski definition) is 4. The molecule has 0 fully saturated rings. The van der Waals surface area contributed by atoms with Crippen molar-refractivity contribution in [1.29, 1.82) is 0 Å². The average Bonchev–Trinajstić information content (AvgIpc) is 2.73. The first-order valence-electron chi connectivity index (χ1n) is 10.8. The van der Waals surface area contributed by atoms with E-state index in [0.717, 1.165) is 24.1 Å². The number of fused-ring (bicyclic) bond motifs is 1. The van der Waals surface area contributed by atoms with E-state index in [9.17, 15) is 9.18 Å². The fraction of sp³-hybridized carbons (Fsp3) is 0.480. The number of halogens is 1. The molecule has 6 heteroatoms. The van der Waals surface area contributed by atoms with Gasteiger partial charge in [-0.15, -0.1) is 0 Å². The van der Waals surface area contributed by atoms with E-state index in [-0.39, 0.29) is 23.8 Å². The summed E-state index contributed by atoms with van der Waals surface area (Å²) in [7, 11) is 3.27. The second-order valence-corrected chi connectivity index (χ2v) is 8.65. The van der Waals surface area contributed by atoms with Crippen LogP contribution in [0.25, 0.3) is 0 Å². The number of carbonyl (C=O) groups excluding carboxylic acids is 1. The number of nitrogens with zero attached hydrogens (tertiary/aromatic N) is 1. The summed E-state index contributed by atoms with van der Waals surface area (Å²) in [6.45, 7) is 7.63. The Balaban J connectivity index is 1.95. The standard InChI is InChI=1S/C25H33FN2O3/c1-16(2)12-24(29)27-17(3)25-21-14-23(31-5)22(30-4)13-19(21)10-11-28(25)15-18-6-8-20(26)9-7-18/h6-9,13-14,16-17,25H,10-12,15H2,1-5H3,(H,27,29)/t17-,25+/m0/s1. The second-order valence-electron chi connectivity index (χ2n) is 8.65. The first-order chi connectivity index (χ1) is 14.8. The van der Waals surface area contributed by atoms with E-state index in [1.807, 2.05) is 45.0 Å². The number of carbonyl (C=O) groups is 1. The van der Waals surface area contributed by atoms with Gasteiger partial charge in [0.2, 0.25) is 5.91 Å². The number of methoxy groups -OCH3 is 2. The molecule has 3 rings (SSSR count). The minimum Gasteiger partial charge on any atom is -0.493 e. The Morgan fingerprint density at radius 3 is 2.39 bits per heavy atom. The smallest absolute Gasteiger partial charge is 0.220 e. The molecular weight excluding hydrogens is 395 g/mol. The van der Waals surface area contributed by atoms with Crippen LogP contribution in [-0.2, 0) is 17.8 Å². The molecule has 0 saturated heterocycles. The maximum Gasteiger partial charge on any atom is 0.220 e. The van der Waals surface area contributed by atoms with Gasteiger partial charge in [-0.3, -0.25) is 9.69 Å². The summed E-state index contributed by atoms with van der Waals surface area (Å²) in [4.78, 5) is 14.9. The van der Waals surface area contributed by atoms with Gasteiger partial charge in [0, 0.05) is 25.6 Å². The summed E-state index contributed by atoms with van der Waals surface area (Å²) in [5, 5.41) is 3.20. The summed E-state index contributed by atoms with van der Waals surface area (Å²) in [6, 6.07) is 10.5. The molecule has 5 nitrogen and oxygen atoms in total. The van der Waals surface area contributed by atoms with Gasteiger partial charge in [0.05, 0.1) is 20.3 Å². The van der Waals surface area contributed by atoms with Gasteiger partial charge in [-0.05, 0) is 60.2 Å². The van der Waals surface area contributed by atoms with Crippen LogP contribution in [0.3, 0.4) is 0 Å². The molecule has 1 N–H and O–H groups in total. The average molecular weight is 429 g/mol. The molecule has 0 saturated carbocycles. The van der Waals surface area contributed by atoms with E-state index in [1.54, 1.807) is 14.2 Å².